The van der Waals surface area contributed by atoms with Gasteiger partial charge in [-0.3, -0.25) is 0 Å². The molecule has 4 heteroatoms. The van der Waals surface area contributed by atoms with Crippen LogP contribution in [0.2, 0.25) is 0 Å². The van der Waals surface area contributed by atoms with Crippen LogP contribution in [0.3, 0.4) is 0 Å². The number of anilines is 2. The second kappa shape index (κ2) is 12.8. The number of halogens is 1. The molecule has 0 saturated heterocycles. The second-order valence-corrected chi connectivity index (χ2v) is 10.4. The maximum absolute atomic E-state index is 3.73. The predicted molar refractivity (Wildman–Crippen MR) is 147 cm³/mol. The average Bonchev–Trinajstić information content (AvgIpc) is 2.85. The van der Waals surface area contributed by atoms with E-state index in [2.05, 4.69) is 135 Å². The third-order valence-corrected chi connectivity index (χ3v) is 7.17. The van der Waals surface area contributed by atoms with Crippen molar-refractivity contribution in [1.82, 2.24) is 0 Å². The minimum Gasteiger partial charge on any atom is -1.00 e. The fraction of sp³-hybridized carbons (Fsp3) is 0.226. The van der Waals surface area contributed by atoms with Gasteiger partial charge >= 0.3 is 0 Å². The standard InChI is InChI=1S/C31H34N2S.ClH/c1-22(2)26-16-12-17-27(23(3)4)31(26)32-21-24-13-8-9-18-28(24)33-29-19-10-11-20-30(29)34-25-14-6-5-7-15-25;/h5-20,22-23,32-33H,21H2,1-4H3;1H. The van der Waals surface area contributed by atoms with Crippen molar-refractivity contribution in [3.63, 3.8) is 0 Å². The summed E-state index contributed by atoms with van der Waals surface area (Å²) in [6.45, 7) is 10.0. The van der Waals surface area contributed by atoms with E-state index in [0.717, 1.165) is 17.9 Å². The van der Waals surface area contributed by atoms with Crippen LogP contribution < -0.4 is 23.0 Å². The van der Waals surface area contributed by atoms with E-state index >= 15 is 0 Å². The topological polar surface area (TPSA) is 28.6 Å². The van der Waals surface area contributed by atoms with Crippen LogP contribution in [0, 0.1) is 0 Å². The molecular formula is C31H35ClN2S. The summed E-state index contributed by atoms with van der Waals surface area (Å²) in [6.07, 6.45) is 0. The number of rotatable bonds is 9. The molecule has 0 amide bonds. The number of quaternary nitrogens is 1. The molecule has 0 radical (unpaired) electrons. The Morgan fingerprint density at radius 3 is 1.89 bits per heavy atom. The summed E-state index contributed by atoms with van der Waals surface area (Å²) >= 11 is 1.79. The number of benzene rings is 4. The first-order valence-corrected chi connectivity index (χ1v) is 13.0. The van der Waals surface area contributed by atoms with Crippen molar-refractivity contribution in [2.75, 3.05) is 5.32 Å². The first kappa shape index (κ1) is 26.9. The molecule has 0 fully saturated rings. The molecule has 4 rings (SSSR count). The lowest BCUT2D eigenvalue weighted by Gasteiger charge is -2.18. The lowest BCUT2D eigenvalue weighted by atomic mass is 9.92. The van der Waals surface area contributed by atoms with Crippen LogP contribution in [0.4, 0.5) is 17.1 Å². The van der Waals surface area contributed by atoms with Crippen molar-refractivity contribution in [3.05, 3.63) is 114 Å². The third kappa shape index (κ3) is 6.91. The van der Waals surface area contributed by atoms with Crippen molar-refractivity contribution in [1.29, 1.82) is 0 Å². The number of nitrogens with two attached hydrogens (primary N) is 1. The van der Waals surface area contributed by atoms with E-state index in [1.54, 1.807) is 11.8 Å². The molecule has 35 heavy (non-hydrogen) atoms. The predicted octanol–water partition coefficient (Wildman–Crippen LogP) is 5.23. The van der Waals surface area contributed by atoms with Crippen LogP contribution in [0.1, 0.15) is 56.2 Å². The largest absolute Gasteiger partial charge is 1.00 e. The van der Waals surface area contributed by atoms with E-state index in [1.165, 1.54) is 32.2 Å². The Hall–Kier alpha value is -2.72. The van der Waals surface area contributed by atoms with Gasteiger partial charge in [-0.05, 0) is 42.2 Å². The summed E-state index contributed by atoms with van der Waals surface area (Å²) in [5.74, 6) is 1.00. The molecule has 0 bridgehead atoms. The van der Waals surface area contributed by atoms with Crippen molar-refractivity contribution in [2.45, 2.75) is 55.9 Å². The molecule has 2 nitrogen and oxygen atoms in total. The van der Waals surface area contributed by atoms with Gasteiger partial charge < -0.3 is 23.0 Å². The molecule has 0 aromatic heterocycles. The molecule has 0 aliphatic heterocycles. The Kier molecular flexibility index (Phi) is 9.85. The highest BCUT2D eigenvalue weighted by Crippen LogP contribution is 2.35. The van der Waals surface area contributed by atoms with Gasteiger partial charge in [0.15, 0.2) is 0 Å². The molecule has 0 heterocycles. The highest BCUT2D eigenvalue weighted by atomic mass is 35.5. The van der Waals surface area contributed by atoms with Gasteiger partial charge in [-0.1, -0.05) is 106 Å². The van der Waals surface area contributed by atoms with Gasteiger partial charge in [-0.25, -0.2) is 0 Å². The molecule has 3 N–H and O–H groups in total. The first-order chi connectivity index (χ1) is 16.5. The molecule has 182 valence electrons. The Morgan fingerprint density at radius 2 is 1.23 bits per heavy atom. The summed E-state index contributed by atoms with van der Waals surface area (Å²) in [7, 11) is 0. The summed E-state index contributed by atoms with van der Waals surface area (Å²) in [6, 6.07) is 34.5. The SMILES string of the molecule is CC(C)c1cccc(C(C)C)c1[NH2+]Cc1ccccc1Nc1ccccc1Sc1ccccc1.[Cl-]. The summed E-state index contributed by atoms with van der Waals surface area (Å²) < 4.78 is 0. The number of hydrogen-bond donors (Lipinski definition) is 2. The summed E-state index contributed by atoms with van der Waals surface area (Å²) in [5, 5.41) is 6.16. The van der Waals surface area contributed by atoms with Gasteiger partial charge in [0.25, 0.3) is 0 Å². The first-order valence-electron chi connectivity index (χ1n) is 12.2. The zero-order chi connectivity index (χ0) is 23.9. The third-order valence-electron chi connectivity index (χ3n) is 6.09. The molecule has 4 aromatic carbocycles. The summed E-state index contributed by atoms with van der Waals surface area (Å²) in [4.78, 5) is 2.46. The molecule has 0 aliphatic carbocycles. The Bertz CT molecular complexity index is 1200. The van der Waals surface area contributed by atoms with Crippen molar-refractivity contribution < 1.29 is 17.7 Å². The maximum atomic E-state index is 3.73. The Balaban J connectivity index is 0.00000342. The number of para-hydroxylation sites is 3. The van der Waals surface area contributed by atoms with E-state index in [-0.39, 0.29) is 12.4 Å². The highest BCUT2D eigenvalue weighted by molar-refractivity contribution is 7.99. The number of nitrogens with one attached hydrogen (secondary N) is 1. The molecular weight excluding hydrogens is 468 g/mol. The number of hydrogen-bond acceptors (Lipinski definition) is 2. The average molecular weight is 503 g/mol. The zero-order valence-corrected chi connectivity index (χ0v) is 22.5. The van der Waals surface area contributed by atoms with Crippen LogP contribution in [0.15, 0.2) is 107 Å². The lowest BCUT2D eigenvalue weighted by molar-refractivity contribution is -0.589. The molecule has 0 spiro atoms. The van der Waals surface area contributed by atoms with Crippen LogP contribution in [0.25, 0.3) is 0 Å². The zero-order valence-electron chi connectivity index (χ0n) is 21.0. The van der Waals surface area contributed by atoms with Crippen molar-refractivity contribution in [2.24, 2.45) is 0 Å². The van der Waals surface area contributed by atoms with Gasteiger partial charge in [0.05, 0.1) is 5.69 Å². The fourth-order valence-corrected chi connectivity index (χ4v) is 5.22. The van der Waals surface area contributed by atoms with E-state index in [0.29, 0.717) is 11.8 Å². The molecule has 0 unspecified atom stereocenters. The quantitative estimate of drug-likeness (QED) is 0.307. The van der Waals surface area contributed by atoms with Gasteiger partial charge in [-0.2, -0.15) is 0 Å². The fourth-order valence-electron chi connectivity index (χ4n) is 4.30. The van der Waals surface area contributed by atoms with Crippen molar-refractivity contribution in [3.8, 4) is 0 Å². The monoisotopic (exact) mass is 502 g/mol. The van der Waals surface area contributed by atoms with Gasteiger partial charge in [0.1, 0.15) is 12.2 Å². The van der Waals surface area contributed by atoms with E-state index in [4.69, 9.17) is 0 Å². The van der Waals surface area contributed by atoms with E-state index in [9.17, 15) is 0 Å². The minimum atomic E-state index is 0. The summed E-state index contributed by atoms with van der Waals surface area (Å²) in [5.41, 5.74) is 7.86. The lowest BCUT2D eigenvalue weighted by Crippen LogP contribution is -3.00. The van der Waals surface area contributed by atoms with Crippen LogP contribution in [0.5, 0.6) is 0 Å². The van der Waals surface area contributed by atoms with Crippen molar-refractivity contribution >= 4 is 28.8 Å². The van der Waals surface area contributed by atoms with Crippen LogP contribution >= 0.6 is 11.8 Å². The highest BCUT2D eigenvalue weighted by Gasteiger charge is 2.18. The normalized spacial score (nSPS) is 10.9. The Morgan fingerprint density at radius 1 is 0.657 bits per heavy atom. The molecule has 0 aliphatic rings. The maximum Gasteiger partial charge on any atom is 0.136 e. The van der Waals surface area contributed by atoms with Gasteiger partial charge in [-0.15, -0.1) is 0 Å². The van der Waals surface area contributed by atoms with Gasteiger partial charge in [0.2, 0.25) is 0 Å². The molecule has 4 aromatic rings. The second-order valence-electron chi connectivity index (χ2n) is 9.26. The smallest absolute Gasteiger partial charge is 0.136 e. The van der Waals surface area contributed by atoms with Crippen LogP contribution in [-0.4, -0.2) is 0 Å². The van der Waals surface area contributed by atoms with E-state index in [1.807, 2.05) is 0 Å². The molecule has 0 saturated carbocycles. The minimum absolute atomic E-state index is 0. The van der Waals surface area contributed by atoms with Gasteiger partial charge in [0, 0.05) is 32.2 Å². The Labute approximate surface area is 221 Å². The van der Waals surface area contributed by atoms with Crippen LogP contribution in [-0.2, 0) is 6.54 Å². The molecule has 0 atom stereocenters. The van der Waals surface area contributed by atoms with E-state index < -0.39 is 0 Å².